The Balaban J connectivity index is 2.49. The van der Waals surface area contributed by atoms with Gasteiger partial charge in [0.05, 0.1) is 13.1 Å². The van der Waals surface area contributed by atoms with Gasteiger partial charge in [-0.25, -0.2) is 0 Å². The third kappa shape index (κ3) is 11.1. The molecule has 1 heterocycles. The maximum atomic E-state index is 12.8. The van der Waals surface area contributed by atoms with Crippen molar-refractivity contribution in [2.24, 2.45) is 5.92 Å². The molecule has 1 atom stereocenters. The van der Waals surface area contributed by atoms with E-state index < -0.39 is 23.6 Å². The summed E-state index contributed by atoms with van der Waals surface area (Å²) in [5.41, 5.74) is -0.599. The first-order valence-corrected chi connectivity index (χ1v) is 10.7. The molecule has 10 nitrogen and oxygen atoms in total. The smallest absolute Gasteiger partial charge is 0.326 e. The van der Waals surface area contributed by atoms with Crippen molar-refractivity contribution < 1.29 is 28.7 Å². The molecule has 31 heavy (non-hydrogen) atoms. The number of amides is 2. The first-order valence-electron chi connectivity index (χ1n) is 10.7. The Morgan fingerprint density at radius 3 is 2.23 bits per heavy atom. The van der Waals surface area contributed by atoms with Gasteiger partial charge in [-0.05, 0) is 33.1 Å². The van der Waals surface area contributed by atoms with Gasteiger partial charge in [0.1, 0.15) is 12.1 Å². The fourth-order valence-corrected chi connectivity index (χ4v) is 2.98. The van der Waals surface area contributed by atoms with Crippen molar-refractivity contribution in [3.8, 4) is 0 Å². The van der Waals surface area contributed by atoms with Crippen LogP contribution in [0.3, 0.4) is 0 Å². The molecule has 0 aromatic heterocycles. The third-order valence-electron chi connectivity index (χ3n) is 4.42. The zero-order chi connectivity index (χ0) is 23.6. The number of nitrogens with zero attached hydrogens (tertiary/aromatic N) is 2. The number of ether oxygens (including phenoxy) is 2. The van der Waals surface area contributed by atoms with E-state index in [0.29, 0.717) is 32.6 Å². The minimum Gasteiger partial charge on any atom is -0.459 e. The van der Waals surface area contributed by atoms with Crippen LogP contribution in [0.1, 0.15) is 41.0 Å². The lowest BCUT2D eigenvalue weighted by Crippen LogP contribution is -2.51. The van der Waals surface area contributed by atoms with Gasteiger partial charge in [-0.15, -0.1) is 0 Å². The molecule has 1 rings (SSSR count). The SMILES string of the molecule is CC(C)CC(OC(=O)CN(C)C(=O)CNCC(=O)OC(C)(C)C)C(=O)N1CCNCC1. The number of carbonyl (C=O) groups is 4. The number of piperazine rings is 1. The van der Waals surface area contributed by atoms with Crippen LogP contribution >= 0.6 is 0 Å². The average Bonchev–Trinajstić information content (AvgIpc) is 2.65. The second-order valence-electron chi connectivity index (χ2n) is 9.12. The van der Waals surface area contributed by atoms with Crippen LogP contribution in [0.15, 0.2) is 0 Å². The van der Waals surface area contributed by atoms with Crippen LogP contribution in [-0.2, 0) is 28.7 Å². The van der Waals surface area contributed by atoms with E-state index in [9.17, 15) is 19.2 Å². The zero-order valence-electron chi connectivity index (χ0n) is 19.7. The van der Waals surface area contributed by atoms with Crippen LogP contribution in [0.4, 0.5) is 0 Å². The molecule has 0 aromatic rings. The molecule has 1 fully saturated rings. The van der Waals surface area contributed by atoms with Gasteiger partial charge in [-0.3, -0.25) is 24.5 Å². The molecule has 0 radical (unpaired) electrons. The minimum atomic E-state index is -0.862. The fourth-order valence-electron chi connectivity index (χ4n) is 2.98. The number of esters is 2. The summed E-state index contributed by atoms with van der Waals surface area (Å²) in [6.07, 6.45) is -0.441. The van der Waals surface area contributed by atoms with Gasteiger partial charge < -0.3 is 24.6 Å². The van der Waals surface area contributed by atoms with Crippen LogP contribution in [0.25, 0.3) is 0 Å². The fraction of sp³-hybridized carbons (Fsp3) is 0.810. The summed E-state index contributed by atoms with van der Waals surface area (Å²) in [5, 5.41) is 5.89. The highest BCUT2D eigenvalue weighted by atomic mass is 16.6. The van der Waals surface area contributed by atoms with Crippen molar-refractivity contribution in [2.45, 2.75) is 52.7 Å². The van der Waals surface area contributed by atoms with E-state index in [0.717, 1.165) is 0 Å². The molecule has 1 aliphatic rings. The molecule has 0 aliphatic carbocycles. The van der Waals surface area contributed by atoms with Gasteiger partial charge in [0, 0.05) is 33.2 Å². The number of rotatable bonds is 10. The second kappa shape index (κ2) is 12.6. The Labute approximate surface area is 185 Å². The maximum absolute atomic E-state index is 12.8. The predicted octanol–water partition coefficient (Wildman–Crippen LogP) is -0.234. The summed E-state index contributed by atoms with van der Waals surface area (Å²) in [6.45, 7) is 11.2. The van der Waals surface area contributed by atoms with Crippen LogP contribution in [0.2, 0.25) is 0 Å². The lowest BCUT2D eigenvalue weighted by Gasteiger charge is -2.31. The molecule has 1 unspecified atom stereocenters. The monoisotopic (exact) mass is 442 g/mol. The number of hydrogen-bond acceptors (Lipinski definition) is 8. The van der Waals surface area contributed by atoms with E-state index in [1.807, 2.05) is 13.8 Å². The Morgan fingerprint density at radius 1 is 1.06 bits per heavy atom. The van der Waals surface area contributed by atoms with E-state index in [1.165, 1.54) is 11.9 Å². The van der Waals surface area contributed by atoms with Crippen LogP contribution in [0.5, 0.6) is 0 Å². The summed E-state index contributed by atoms with van der Waals surface area (Å²) in [7, 11) is 1.47. The predicted molar refractivity (Wildman–Crippen MR) is 115 cm³/mol. The number of carbonyl (C=O) groups excluding carboxylic acids is 4. The highest BCUT2D eigenvalue weighted by Gasteiger charge is 2.30. The van der Waals surface area contributed by atoms with Crippen LogP contribution in [0, 0.1) is 5.92 Å². The molecule has 1 aliphatic heterocycles. The standard InChI is InChI=1S/C21H38N4O6/c1-15(2)11-16(20(29)25-9-7-22-8-10-25)30-19(28)14-24(6)17(26)12-23-13-18(27)31-21(3,4)5/h15-16,22-23H,7-14H2,1-6H3. The Bertz CT molecular complexity index is 626. The molecule has 0 saturated carbocycles. The maximum Gasteiger partial charge on any atom is 0.326 e. The highest BCUT2D eigenvalue weighted by molar-refractivity contribution is 5.86. The number of likely N-dealkylation sites (N-methyl/N-ethyl adjacent to an activating group) is 1. The summed E-state index contributed by atoms with van der Waals surface area (Å²) in [6, 6.07) is 0. The first-order chi connectivity index (χ1) is 14.4. The zero-order valence-corrected chi connectivity index (χ0v) is 19.7. The van der Waals surface area contributed by atoms with Crippen LogP contribution in [-0.4, -0.2) is 98.1 Å². The van der Waals surface area contributed by atoms with Crippen molar-refractivity contribution in [3.63, 3.8) is 0 Å². The molecule has 0 aromatic carbocycles. The van der Waals surface area contributed by atoms with Crippen LogP contribution < -0.4 is 10.6 Å². The van der Waals surface area contributed by atoms with Gasteiger partial charge in [-0.2, -0.15) is 0 Å². The van der Waals surface area contributed by atoms with E-state index >= 15 is 0 Å². The molecule has 1 saturated heterocycles. The second-order valence-corrected chi connectivity index (χ2v) is 9.12. The van der Waals surface area contributed by atoms with Crippen molar-refractivity contribution in [1.29, 1.82) is 0 Å². The first kappa shape index (κ1) is 26.8. The number of hydrogen-bond donors (Lipinski definition) is 2. The summed E-state index contributed by atoms with van der Waals surface area (Å²) >= 11 is 0. The average molecular weight is 443 g/mol. The summed E-state index contributed by atoms with van der Waals surface area (Å²) < 4.78 is 10.6. The molecule has 0 bridgehead atoms. The number of nitrogens with one attached hydrogen (secondary N) is 2. The molecule has 10 heteroatoms. The molecule has 2 N–H and O–H groups in total. The Kier molecular flexibility index (Phi) is 10.9. The Morgan fingerprint density at radius 2 is 1.68 bits per heavy atom. The lowest BCUT2D eigenvalue weighted by molar-refractivity contribution is -0.163. The summed E-state index contributed by atoms with van der Waals surface area (Å²) in [4.78, 5) is 51.9. The van der Waals surface area contributed by atoms with Gasteiger partial charge in [0.15, 0.2) is 6.10 Å². The van der Waals surface area contributed by atoms with Crippen molar-refractivity contribution in [3.05, 3.63) is 0 Å². The van der Waals surface area contributed by atoms with Gasteiger partial charge in [0.25, 0.3) is 5.91 Å². The lowest BCUT2D eigenvalue weighted by atomic mass is 10.0. The summed E-state index contributed by atoms with van der Waals surface area (Å²) in [5.74, 6) is -1.52. The van der Waals surface area contributed by atoms with Crippen molar-refractivity contribution in [1.82, 2.24) is 20.4 Å². The minimum absolute atomic E-state index is 0.114. The topological polar surface area (TPSA) is 117 Å². The van der Waals surface area contributed by atoms with E-state index in [-0.39, 0.29) is 37.4 Å². The van der Waals surface area contributed by atoms with E-state index in [4.69, 9.17) is 9.47 Å². The molecular weight excluding hydrogens is 404 g/mol. The highest BCUT2D eigenvalue weighted by Crippen LogP contribution is 2.13. The Hall–Kier alpha value is -2.20. The third-order valence-corrected chi connectivity index (χ3v) is 4.42. The van der Waals surface area contributed by atoms with Crippen molar-refractivity contribution >= 4 is 23.8 Å². The van der Waals surface area contributed by atoms with Gasteiger partial charge in [0.2, 0.25) is 5.91 Å². The normalized spacial score (nSPS) is 15.4. The van der Waals surface area contributed by atoms with Crippen molar-refractivity contribution in [2.75, 3.05) is 52.9 Å². The quantitative estimate of drug-likeness (QED) is 0.446. The molecule has 0 spiro atoms. The van der Waals surface area contributed by atoms with E-state index in [2.05, 4.69) is 10.6 Å². The largest absolute Gasteiger partial charge is 0.459 e. The molecular formula is C21H38N4O6. The van der Waals surface area contributed by atoms with E-state index in [1.54, 1.807) is 25.7 Å². The van der Waals surface area contributed by atoms with Gasteiger partial charge >= 0.3 is 11.9 Å². The molecule has 178 valence electrons. The van der Waals surface area contributed by atoms with Gasteiger partial charge in [-0.1, -0.05) is 13.8 Å². The molecule has 2 amide bonds.